The van der Waals surface area contributed by atoms with Gasteiger partial charge in [-0.25, -0.2) is 9.79 Å². The first-order valence-electron chi connectivity index (χ1n) is 10.0. The minimum Gasteiger partial charge on any atom is -0.497 e. The van der Waals surface area contributed by atoms with Gasteiger partial charge in [-0.05, 0) is 53.1 Å². The Balaban J connectivity index is 1.82. The molecule has 1 heterocycles. The number of nitrogens with zero attached hydrogens (tertiary/aromatic N) is 2. The molecule has 3 aromatic carbocycles. The Morgan fingerprint density at radius 1 is 0.938 bits per heavy atom. The van der Waals surface area contributed by atoms with Crippen molar-refractivity contribution in [1.29, 1.82) is 0 Å². The third-order valence-corrected chi connectivity index (χ3v) is 6.13. The molecule has 7 heteroatoms. The van der Waals surface area contributed by atoms with Crippen LogP contribution in [0.2, 0.25) is 10.0 Å². The van der Waals surface area contributed by atoms with E-state index >= 15 is 0 Å². The predicted octanol–water partition coefficient (Wildman–Crippen LogP) is 5.66. The maximum atomic E-state index is 13.3. The third-order valence-electron chi connectivity index (χ3n) is 5.63. The van der Waals surface area contributed by atoms with Crippen LogP contribution in [0.3, 0.4) is 0 Å². The second-order valence-corrected chi connectivity index (χ2v) is 8.36. The van der Waals surface area contributed by atoms with Crippen molar-refractivity contribution >= 4 is 35.5 Å². The van der Waals surface area contributed by atoms with E-state index in [1.54, 1.807) is 25.6 Å². The Hall–Kier alpha value is -3.02. The van der Waals surface area contributed by atoms with Crippen molar-refractivity contribution in [3.05, 3.63) is 99.5 Å². The molecule has 4 rings (SSSR count). The zero-order valence-electron chi connectivity index (χ0n) is 17.7. The molecule has 1 aliphatic rings. The van der Waals surface area contributed by atoms with Crippen molar-refractivity contribution in [1.82, 2.24) is 4.90 Å². The van der Waals surface area contributed by atoms with E-state index in [9.17, 15) is 4.79 Å². The molecule has 32 heavy (non-hydrogen) atoms. The van der Waals surface area contributed by atoms with E-state index in [2.05, 4.69) is 0 Å². The summed E-state index contributed by atoms with van der Waals surface area (Å²) in [6.45, 7) is 0.535. The number of ether oxygens (including phenoxy) is 2. The molecule has 2 atom stereocenters. The number of methoxy groups -OCH3 is 2. The quantitative estimate of drug-likeness (QED) is 0.438. The molecule has 0 saturated carbocycles. The lowest BCUT2D eigenvalue weighted by Crippen LogP contribution is -2.43. The molecule has 0 bridgehead atoms. The number of rotatable bonds is 6. The summed E-state index contributed by atoms with van der Waals surface area (Å²) in [5.74, 6) is 0.330. The average Bonchev–Trinajstić information content (AvgIpc) is 3.20. The van der Waals surface area contributed by atoms with Crippen molar-refractivity contribution in [3.8, 4) is 5.75 Å². The molecule has 0 saturated heterocycles. The Morgan fingerprint density at radius 3 is 2.09 bits per heavy atom. The maximum Gasteiger partial charge on any atom is 0.341 e. The Kier molecular flexibility index (Phi) is 6.40. The van der Waals surface area contributed by atoms with Gasteiger partial charge in [-0.1, -0.05) is 59.6 Å². The molecule has 3 aromatic rings. The van der Waals surface area contributed by atoms with Crippen LogP contribution in [0.1, 0.15) is 22.7 Å². The van der Waals surface area contributed by atoms with Crippen molar-refractivity contribution < 1.29 is 14.3 Å². The summed E-state index contributed by atoms with van der Waals surface area (Å²) < 4.78 is 10.5. The first kappa shape index (κ1) is 22.2. The Bertz CT molecular complexity index is 1120. The lowest BCUT2D eigenvalue weighted by Gasteiger charge is -2.36. The number of carbonyl (C=O) groups is 1. The molecule has 0 N–H and O–H groups in total. The van der Waals surface area contributed by atoms with Gasteiger partial charge >= 0.3 is 5.97 Å². The molecule has 0 aromatic heterocycles. The first-order chi connectivity index (χ1) is 15.5. The van der Waals surface area contributed by atoms with Crippen LogP contribution < -0.4 is 4.74 Å². The van der Waals surface area contributed by atoms with Gasteiger partial charge in [0.15, 0.2) is 0 Å². The second kappa shape index (κ2) is 9.23. The predicted molar refractivity (Wildman–Crippen MR) is 126 cm³/mol. The van der Waals surface area contributed by atoms with Gasteiger partial charge in [0.2, 0.25) is 5.54 Å². The Morgan fingerprint density at radius 2 is 1.53 bits per heavy atom. The average molecular weight is 469 g/mol. The minimum atomic E-state index is -1.29. The molecule has 0 spiro atoms. The van der Waals surface area contributed by atoms with Gasteiger partial charge in [0.05, 0.1) is 26.6 Å². The third kappa shape index (κ3) is 4.06. The number of hydrogen-bond acceptors (Lipinski definition) is 5. The molecule has 0 aliphatic carbocycles. The molecule has 0 amide bonds. The number of carbonyl (C=O) groups excluding carboxylic acids is 1. The molecule has 0 radical (unpaired) electrons. The summed E-state index contributed by atoms with van der Waals surface area (Å²) in [5.41, 5.74) is 1.34. The normalized spacial score (nSPS) is 19.8. The summed E-state index contributed by atoms with van der Waals surface area (Å²) in [5, 5.41) is 1.19. The second-order valence-electron chi connectivity index (χ2n) is 7.48. The largest absolute Gasteiger partial charge is 0.497 e. The van der Waals surface area contributed by atoms with Gasteiger partial charge in [0, 0.05) is 16.6 Å². The summed E-state index contributed by atoms with van der Waals surface area (Å²) >= 11 is 12.3. The molecular weight excluding hydrogens is 447 g/mol. The zero-order chi connectivity index (χ0) is 22.7. The number of benzene rings is 3. The maximum absolute atomic E-state index is 13.3. The van der Waals surface area contributed by atoms with Crippen molar-refractivity contribution in [2.75, 3.05) is 14.2 Å². The molecule has 1 aliphatic heterocycles. The summed E-state index contributed by atoms with van der Waals surface area (Å²) in [6, 6.07) is 21.9. The summed E-state index contributed by atoms with van der Waals surface area (Å²) in [7, 11) is 3.01. The smallest absolute Gasteiger partial charge is 0.341 e. The fourth-order valence-electron chi connectivity index (χ4n) is 4.07. The van der Waals surface area contributed by atoms with E-state index in [1.807, 2.05) is 65.6 Å². The molecular formula is C25H22Cl2N2O3. The van der Waals surface area contributed by atoms with Crippen LogP contribution in [-0.2, 0) is 21.6 Å². The lowest BCUT2D eigenvalue weighted by atomic mass is 9.79. The van der Waals surface area contributed by atoms with Crippen molar-refractivity contribution in [3.63, 3.8) is 0 Å². The van der Waals surface area contributed by atoms with E-state index in [0.717, 1.165) is 16.9 Å². The monoisotopic (exact) mass is 468 g/mol. The van der Waals surface area contributed by atoms with Crippen LogP contribution in [0, 0.1) is 0 Å². The highest BCUT2D eigenvalue weighted by Crippen LogP contribution is 2.47. The van der Waals surface area contributed by atoms with Gasteiger partial charge in [-0.15, -0.1) is 0 Å². The van der Waals surface area contributed by atoms with Crippen LogP contribution in [0.5, 0.6) is 5.75 Å². The highest BCUT2D eigenvalue weighted by molar-refractivity contribution is 6.30. The van der Waals surface area contributed by atoms with Crippen LogP contribution >= 0.6 is 23.2 Å². The molecule has 5 nitrogen and oxygen atoms in total. The standard InChI is InChI=1S/C25H22Cl2N2O3/c1-31-22-13-3-17(4-14-22)15-29-16-28-25(24(30)32-2,19-7-11-21(27)12-8-19)23(29)18-5-9-20(26)10-6-18/h3-14,16,23H,15H2,1-2H3/t23-,25+/m1/s1. The van der Waals surface area contributed by atoms with Gasteiger partial charge in [-0.2, -0.15) is 0 Å². The number of aliphatic imine (C=N–C) groups is 1. The molecule has 164 valence electrons. The van der Waals surface area contributed by atoms with Crippen LogP contribution in [-0.4, -0.2) is 31.4 Å². The van der Waals surface area contributed by atoms with E-state index in [0.29, 0.717) is 22.2 Å². The summed E-state index contributed by atoms with van der Waals surface area (Å²) in [6.07, 6.45) is 1.72. The van der Waals surface area contributed by atoms with Gasteiger partial charge < -0.3 is 14.4 Å². The summed E-state index contributed by atoms with van der Waals surface area (Å²) in [4.78, 5) is 20.1. The fourth-order valence-corrected chi connectivity index (χ4v) is 4.32. The number of halogens is 2. The van der Waals surface area contributed by atoms with Gasteiger partial charge in [0.25, 0.3) is 0 Å². The number of esters is 1. The van der Waals surface area contributed by atoms with Gasteiger partial charge in [-0.3, -0.25) is 0 Å². The van der Waals surface area contributed by atoms with Crippen molar-refractivity contribution in [2.45, 2.75) is 18.1 Å². The van der Waals surface area contributed by atoms with E-state index in [4.69, 9.17) is 37.7 Å². The van der Waals surface area contributed by atoms with Crippen LogP contribution in [0.25, 0.3) is 0 Å². The zero-order valence-corrected chi connectivity index (χ0v) is 19.2. The molecule has 0 fully saturated rings. The first-order valence-corrected chi connectivity index (χ1v) is 10.8. The van der Waals surface area contributed by atoms with Gasteiger partial charge in [0.1, 0.15) is 5.75 Å². The topological polar surface area (TPSA) is 51.1 Å². The Labute approximate surface area is 197 Å². The SMILES string of the molecule is COC(=O)[C@@]1(c2ccc(Cl)cc2)N=CN(Cc2ccc(OC)cc2)[C@@H]1c1ccc(Cl)cc1. The van der Waals surface area contributed by atoms with E-state index in [1.165, 1.54) is 7.11 Å². The van der Waals surface area contributed by atoms with E-state index < -0.39 is 17.6 Å². The highest BCUT2D eigenvalue weighted by Gasteiger charge is 2.54. The minimum absolute atomic E-state index is 0.449. The highest BCUT2D eigenvalue weighted by atomic mass is 35.5. The number of hydrogen-bond donors (Lipinski definition) is 0. The lowest BCUT2D eigenvalue weighted by molar-refractivity contribution is -0.149. The van der Waals surface area contributed by atoms with E-state index in [-0.39, 0.29) is 0 Å². The van der Waals surface area contributed by atoms with Crippen LogP contribution in [0.15, 0.2) is 77.8 Å². The molecule has 0 unspecified atom stereocenters. The van der Waals surface area contributed by atoms with Crippen molar-refractivity contribution in [2.24, 2.45) is 4.99 Å². The van der Waals surface area contributed by atoms with Crippen LogP contribution in [0.4, 0.5) is 0 Å². The fraction of sp³-hybridized carbons (Fsp3) is 0.200.